The van der Waals surface area contributed by atoms with Crippen LogP contribution in [0.2, 0.25) is 0 Å². The Labute approximate surface area is 158 Å². The number of rotatable bonds is 6. The van der Waals surface area contributed by atoms with Crippen LogP contribution in [0.4, 0.5) is 0 Å². The molecule has 0 aliphatic carbocycles. The molecule has 0 aliphatic rings. The van der Waals surface area contributed by atoms with Gasteiger partial charge in [-0.15, -0.1) is 5.10 Å². The van der Waals surface area contributed by atoms with Crippen molar-refractivity contribution in [3.05, 3.63) is 76.7 Å². The van der Waals surface area contributed by atoms with Gasteiger partial charge >= 0.3 is 0 Å². The van der Waals surface area contributed by atoms with E-state index in [4.69, 9.17) is 4.74 Å². The summed E-state index contributed by atoms with van der Waals surface area (Å²) in [5.41, 5.74) is 2.15. The molecule has 0 bridgehead atoms. The van der Waals surface area contributed by atoms with E-state index >= 15 is 0 Å². The number of nitrogens with zero attached hydrogens (tertiary/aromatic N) is 5. The second-order valence-electron chi connectivity index (χ2n) is 5.62. The lowest BCUT2D eigenvalue weighted by Gasteiger charge is -2.08. The number of tetrazole rings is 1. The zero-order chi connectivity index (χ0) is 18.6. The fourth-order valence-corrected chi connectivity index (χ4v) is 3.45. The molecule has 8 nitrogen and oxygen atoms in total. The van der Waals surface area contributed by atoms with Crippen LogP contribution in [0.5, 0.6) is 5.75 Å². The zero-order valence-electron chi connectivity index (χ0n) is 14.4. The average Bonchev–Trinajstić information content (AvgIpc) is 3.33. The fourth-order valence-electron chi connectivity index (χ4n) is 2.65. The number of para-hydroxylation sites is 3. The summed E-state index contributed by atoms with van der Waals surface area (Å²) in [5.74, 6) is 1.14. The van der Waals surface area contributed by atoms with Crippen molar-refractivity contribution in [2.45, 2.75) is 10.9 Å². The standard InChI is InChI=1S/C18H16N6O2S/c1-26-16-10-6-5-9-15(16)24-17(25)11-13(20-24)12-27-18-19-21-22-23(18)14-7-3-2-4-8-14/h2-11,20H,12H2,1H3. The van der Waals surface area contributed by atoms with Gasteiger partial charge in [-0.1, -0.05) is 42.1 Å². The molecule has 0 radical (unpaired) electrons. The van der Waals surface area contributed by atoms with Gasteiger partial charge in [0.15, 0.2) is 0 Å². The third-order valence-corrected chi connectivity index (χ3v) is 4.87. The lowest BCUT2D eigenvalue weighted by atomic mass is 10.3. The maximum Gasteiger partial charge on any atom is 0.271 e. The summed E-state index contributed by atoms with van der Waals surface area (Å²) in [6, 6.07) is 18.6. The molecule has 0 saturated carbocycles. The van der Waals surface area contributed by atoms with Crippen molar-refractivity contribution in [3.63, 3.8) is 0 Å². The Hall–Kier alpha value is -3.33. The maximum atomic E-state index is 12.4. The fraction of sp³-hybridized carbons (Fsp3) is 0.111. The highest BCUT2D eigenvalue weighted by atomic mass is 32.2. The minimum atomic E-state index is -0.155. The van der Waals surface area contributed by atoms with E-state index in [0.29, 0.717) is 22.3 Å². The van der Waals surface area contributed by atoms with Crippen LogP contribution < -0.4 is 10.3 Å². The molecule has 0 fully saturated rings. The first-order valence-corrected chi connectivity index (χ1v) is 9.16. The molecule has 2 aromatic carbocycles. The van der Waals surface area contributed by atoms with E-state index in [0.717, 1.165) is 11.4 Å². The summed E-state index contributed by atoms with van der Waals surface area (Å²) in [6.45, 7) is 0. The number of hydrogen-bond acceptors (Lipinski definition) is 6. The van der Waals surface area contributed by atoms with Gasteiger partial charge in [0.05, 0.1) is 12.8 Å². The Morgan fingerprint density at radius 1 is 1.11 bits per heavy atom. The van der Waals surface area contributed by atoms with Gasteiger partial charge in [0.1, 0.15) is 11.4 Å². The first kappa shape index (κ1) is 17.1. The molecule has 4 rings (SSSR count). The van der Waals surface area contributed by atoms with E-state index in [1.54, 1.807) is 17.9 Å². The van der Waals surface area contributed by atoms with Crippen molar-refractivity contribution < 1.29 is 4.74 Å². The van der Waals surface area contributed by atoms with Crippen LogP contribution in [0, 0.1) is 0 Å². The molecule has 0 aliphatic heterocycles. The van der Waals surface area contributed by atoms with Gasteiger partial charge in [-0.3, -0.25) is 9.89 Å². The summed E-state index contributed by atoms with van der Waals surface area (Å²) in [4.78, 5) is 12.4. The minimum Gasteiger partial charge on any atom is -0.494 e. The van der Waals surface area contributed by atoms with Crippen molar-refractivity contribution >= 4 is 11.8 Å². The first-order chi connectivity index (χ1) is 13.3. The lowest BCUT2D eigenvalue weighted by Crippen LogP contribution is -2.14. The van der Waals surface area contributed by atoms with Crippen LogP contribution in [-0.4, -0.2) is 37.1 Å². The molecule has 0 saturated heterocycles. The number of thioether (sulfide) groups is 1. The number of benzene rings is 2. The molecule has 27 heavy (non-hydrogen) atoms. The lowest BCUT2D eigenvalue weighted by molar-refractivity contribution is 0.411. The van der Waals surface area contributed by atoms with Gasteiger partial charge < -0.3 is 4.74 Å². The van der Waals surface area contributed by atoms with E-state index in [1.165, 1.54) is 16.4 Å². The van der Waals surface area contributed by atoms with Gasteiger partial charge in [0.25, 0.3) is 5.56 Å². The Bertz CT molecular complexity index is 1100. The molecule has 0 spiro atoms. The van der Waals surface area contributed by atoms with E-state index < -0.39 is 0 Å². The van der Waals surface area contributed by atoms with Crippen molar-refractivity contribution in [3.8, 4) is 17.1 Å². The summed E-state index contributed by atoms with van der Waals surface area (Å²) >= 11 is 1.44. The second kappa shape index (κ2) is 7.50. The molecular formula is C18H16N6O2S. The molecule has 0 atom stereocenters. The van der Waals surface area contributed by atoms with Crippen LogP contribution in [-0.2, 0) is 5.75 Å². The van der Waals surface area contributed by atoms with Gasteiger partial charge in [0, 0.05) is 17.5 Å². The molecule has 0 unspecified atom stereocenters. The highest BCUT2D eigenvalue weighted by Crippen LogP contribution is 2.23. The molecule has 2 heterocycles. The Balaban J connectivity index is 1.56. The SMILES string of the molecule is COc1ccccc1-n1[nH]c(CSc2nnnn2-c2ccccc2)cc1=O. The number of H-pyrrole nitrogens is 1. The third kappa shape index (κ3) is 3.49. The number of aromatic amines is 1. The molecule has 2 aromatic heterocycles. The average molecular weight is 380 g/mol. The summed E-state index contributed by atoms with van der Waals surface area (Å²) in [5, 5.41) is 15.6. The molecular weight excluding hydrogens is 364 g/mol. The maximum absolute atomic E-state index is 12.4. The molecule has 4 aromatic rings. The first-order valence-electron chi connectivity index (χ1n) is 8.17. The number of methoxy groups -OCH3 is 1. The largest absolute Gasteiger partial charge is 0.494 e. The Kier molecular flexibility index (Phi) is 4.75. The number of hydrogen-bond donors (Lipinski definition) is 1. The van der Waals surface area contributed by atoms with Crippen LogP contribution in [0.25, 0.3) is 11.4 Å². The van der Waals surface area contributed by atoms with Gasteiger partial charge in [-0.25, -0.2) is 4.68 Å². The van der Waals surface area contributed by atoms with Crippen molar-refractivity contribution in [2.24, 2.45) is 0 Å². The molecule has 1 N–H and O–H groups in total. The van der Waals surface area contributed by atoms with E-state index in [2.05, 4.69) is 20.6 Å². The number of aromatic nitrogens is 6. The summed E-state index contributed by atoms with van der Waals surface area (Å²) in [7, 11) is 1.58. The van der Waals surface area contributed by atoms with Crippen molar-refractivity contribution in [1.82, 2.24) is 30.0 Å². The molecule has 136 valence electrons. The van der Waals surface area contributed by atoms with Crippen molar-refractivity contribution in [2.75, 3.05) is 7.11 Å². The monoisotopic (exact) mass is 380 g/mol. The van der Waals surface area contributed by atoms with Crippen LogP contribution in [0.3, 0.4) is 0 Å². The van der Waals surface area contributed by atoms with Gasteiger partial charge in [-0.2, -0.15) is 4.68 Å². The highest BCUT2D eigenvalue weighted by Gasteiger charge is 2.12. The summed E-state index contributed by atoms with van der Waals surface area (Å²) < 4.78 is 8.47. The molecule has 9 heteroatoms. The van der Waals surface area contributed by atoms with E-state index in [1.807, 2.05) is 54.6 Å². The quantitative estimate of drug-likeness (QED) is 0.517. The van der Waals surface area contributed by atoms with Gasteiger partial charge in [0.2, 0.25) is 5.16 Å². The predicted octanol–water partition coefficient (Wildman–Crippen LogP) is 2.44. The second-order valence-corrected chi connectivity index (χ2v) is 6.57. The van der Waals surface area contributed by atoms with Crippen LogP contribution >= 0.6 is 11.8 Å². The highest BCUT2D eigenvalue weighted by molar-refractivity contribution is 7.98. The van der Waals surface area contributed by atoms with Crippen LogP contribution in [0.1, 0.15) is 5.69 Å². The summed E-state index contributed by atoms with van der Waals surface area (Å²) in [6.07, 6.45) is 0. The van der Waals surface area contributed by atoms with E-state index in [9.17, 15) is 4.79 Å². The Morgan fingerprint density at radius 3 is 2.70 bits per heavy atom. The van der Waals surface area contributed by atoms with E-state index in [-0.39, 0.29) is 5.56 Å². The zero-order valence-corrected chi connectivity index (χ0v) is 15.3. The Morgan fingerprint density at radius 2 is 1.89 bits per heavy atom. The van der Waals surface area contributed by atoms with Crippen molar-refractivity contribution in [1.29, 1.82) is 0 Å². The third-order valence-electron chi connectivity index (χ3n) is 3.90. The smallest absolute Gasteiger partial charge is 0.271 e. The van der Waals surface area contributed by atoms with Gasteiger partial charge in [-0.05, 0) is 34.7 Å². The van der Waals surface area contributed by atoms with Crippen LogP contribution in [0.15, 0.2) is 70.6 Å². The number of ether oxygens (including phenoxy) is 1. The predicted molar refractivity (Wildman–Crippen MR) is 102 cm³/mol. The molecule has 0 amide bonds. The minimum absolute atomic E-state index is 0.155. The number of nitrogens with one attached hydrogen (secondary N) is 1. The normalized spacial score (nSPS) is 10.9. The topological polar surface area (TPSA) is 90.6 Å².